The Morgan fingerprint density at radius 2 is 2.29 bits per heavy atom. The van der Waals surface area contributed by atoms with Crippen LogP contribution in [0, 0.1) is 5.92 Å². The van der Waals surface area contributed by atoms with Gasteiger partial charge in [0.2, 0.25) is 0 Å². The van der Waals surface area contributed by atoms with Crippen LogP contribution in [0.4, 0.5) is 0 Å². The van der Waals surface area contributed by atoms with Gasteiger partial charge in [0, 0.05) is 13.2 Å². The number of rotatable bonds is 5. The molecule has 1 aliphatic carbocycles. The van der Waals surface area contributed by atoms with E-state index in [9.17, 15) is 5.11 Å². The Hall–Kier alpha value is -0.120. The van der Waals surface area contributed by atoms with Crippen molar-refractivity contribution in [2.24, 2.45) is 5.92 Å². The molecule has 2 atom stereocenters. The standard InChI is InChI=1S/C11H23NO2/c1-10-4-2-5-11(14,8-10)9-12-6-3-7-13/h10,12-14H,2-9H2,1H3. The first-order valence-corrected chi connectivity index (χ1v) is 5.70. The van der Waals surface area contributed by atoms with Crippen molar-refractivity contribution in [3.63, 3.8) is 0 Å². The van der Waals surface area contributed by atoms with Gasteiger partial charge in [-0.1, -0.05) is 19.8 Å². The van der Waals surface area contributed by atoms with E-state index in [1.54, 1.807) is 0 Å². The van der Waals surface area contributed by atoms with Crippen molar-refractivity contribution in [2.45, 2.75) is 44.6 Å². The topological polar surface area (TPSA) is 52.5 Å². The van der Waals surface area contributed by atoms with E-state index in [0.717, 1.165) is 32.2 Å². The maximum atomic E-state index is 10.2. The second-order valence-corrected chi connectivity index (χ2v) is 4.68. The van der Waals surface area contributed by atoms with Crippen molar-refractivity contribution in [1.82, 2.24) is 5.32 Å². The average molecular weight is 201 g/mol. The molecular weight excluding hydrogens is 178 g/mol. The monoisotopic (exact) mass is 201 g/mol. The molecule has 0 saturated heterocycles. The van der Waals surface area contributed by atoms with Gasteiger partial charge in [0.1, 0.15) is 0 Å². The van der Waals surface area contributed by atoms with Crippen LogP contribution in [0.15, 0.2) is 0 Å². The van der Waals surface area contributed by atoms with Crippen molar-refractivity contribution in [3.05, 3.63) is 0 Å². The van der Waals surface area contributed by atoms with Gasteiger partial charge in [-0.05, 0) is 31.7 Å². The van der Waals surface area contributed by atoms with Crippen molar-refractivity contribution in [1.29, 1.82) is 0 Å². The highest BCUT2D eigenvalue weighted by Gasteiger charge is 2.31. The zero-order chi connectivity index (χ0) is 10.4. The highest BCUT2D eigenvalue weighted by molar-refractivity contribution is 4.86. The first-order chi connectivity index (χ1) is 6.66. The van der Waals surface area contributed by atoms with Crippen LogP contribution in [-0.4, -0.2) is 35.5 Å². The Kier molecular flexibility index (Phi) is 4.85. The summed E-state index contributed by atoms with van der Waals surface area (Å²) in [5.74, 6) is 0.647. The summed E-state index contributed by atoms with van der Waals surface area (Å²) in [6.07, 6.45) is 4.99. The summed E-state index contributed by atoms with van der Waals surface area (Å²) in [5.41, 5.74) is -0.493. The Morgan fingerprint density at radius 1 is 1.50 bits per heavy atom. The molecule has 1 fully saturated rings. The van der Waals surface area contributed by atoms with Gasteiger partial charge in [0.25, 0.3) is 0 Å². The molecule has 0 spiro atoms. The molecule has 1 saturated carbocycles. The summed E-state index contributed by atoms with van der Waals surface area (Å²) in [5, 5.41) is 22.0. The molecule has 1 aliphatic rings. The van der Waals surface area contributed by atoms with Crippen molar-refractivity contribution < 1.29 is 10.2 Å². The van der Waals surface area contributed by atoms with Crippen LogP contribution in [0.5, 0.6) is 0 Å². The molecule has 0 aromatic rings. The second-order valence-electron chi connectivity index (χ2n) is 4.68. The molecule has 0 aromatic carbocycles. The highest BCUT2D eigenvalue weighted by Crippen LogP contribution is 2.31. The summed E-state index contributed by atoms with van der Waals surface area (Å²) >= 11 is 0. The summed E-state index contributed by atoms with van der Waals surface area (Å²) in [6, 6.07) is 0. The molecule has 0 aromatic heterocycles. The summed E-state index contributed by atoms with van der Waals surface area (Å²) in [6.45, 7) is 3.91. The fourth-order valence-electron chi connectivity index (χ4n) is 2.32. The van der Waals surface area contributed by atoms with E-state index in [1.165, 1.54) is 6.42 Å². The van der Waals surface area contributed by atoms with Crippen LogP contribution in [0.1, 0.15) is 39.0 Å². The van der Waals surface area contributed by atoms with Crippen LogP contribution in [0.25, 0.3) is 0 Å². The summed E-state index contributed by atoms with van der Waals surface area (Å²) < 4.78 is 0. The van der Waals surface area contributed by atoms with Gasteiger partial charge < -0.3 is 15.5 Å². The molecule has 3 heteroatoms. The van der Waals surface area contributed by atoms with Crippen LogP contribution < -0.4 is 5.32 Å². The van der Waals surface area contributed by atoms with E-state index >= 15 is 0 Å². The van der Waals surface area contributed by atoms with Gasteiger partial charge in [-0.25, -0.2) is 0 Å². The molecule has 1 rings (SSSR count). The fraction of sp³-hybridized carbons (Fsp3) is 1.00. The number of aliphatic hydroxyl groups excluding tert-OH is 1. The minimum Gasteiger partial charge on any atom is -0.396 e. The third-order valence-electron chi connectivity index (χ3n) is 3.03. The van der Waals surface area contributed by atoms with Gasteiger partial charge in [0.15, 0.2) is 0 Å². The second kappa shape index (κ2) is 5.69. The van der Waals surface area contributed by atoms with E-state index in [-0.39, 0.29) is 6.61 Å². The molecule has 14 heavy (non-hydrogen) atoms. The Balaban J connectivity index is 2.19. The molecule has 0 amide bonds. The van der Waals surface area contributed by atoms with Crippen molar-refractivity contribution >= 4 is 0 Å². The lowest BCUT2D eigenvalue weighted by Crippen LogP contribution is -2.44. The predicted molar refractivity (Wildman–Crippen MR) is 57.2 cm³/mol. The molecule has 3 nitrogen and oxygen atoms in total. The lowest BCUT2D eigenvalue weighted by atomic mass is 9.79. The third kappa shape index (κ3) is 3.95. The van der Waals surface area contributed by atoms with Gasteiger partial charge in [-0.3, -0.25) is 0 Å². The highest BCUT2D eigenvalue weighted by atomic mass is 16.3. The maximum Gasteiger partial charge on any atom is 0.0774 e. The molecule has 3 N–H and O–H groups in total. The Bertz CT molecular complexity index is 163. The van der Waals surface area contributed by atoms with Gasteiger partial charge in [0.05, 0.1) is 5.60 Å². The van der Waals surface area contributed by atoms with Crippen molar-refractivity contribution in [2.75, 3.05) is 19.7 Å². The average Bonchev–Trinajstić information content (AvgIpc) is 2.12. The lowest BCUT2D eigenvalue weighted by Gasteiger charge is -2.35. The minimum atomic E-state index is -0.493. The SMILES string of the molecule is CC1CCCC(O)(CNCCCO)C1. The van der Waals surface area contributed by atoms with Crippen LogP contribution >= 0.6 is 0 Å². The fourth-order valence-corrected chi connectivity index (χ4v) is 2.32. The lowest BCUT2D eigenvalue weighted by molar-refractivity contribution is -0.0117. The molecule has 2 unspecified atom stereocenters. The van der Waals surface area contributed by atoms with Crippen LogP contribution in [0.2, 0.25) is 0 Å². The van der Waals surface area contributed by atoms with E-state index in [1.807, 2.05) is 0 Å². The number of hydrogen-bond acceptors (Lipinski definition) is 3. The molecule has 0 radical (unpaired) electrons. The van der Waals surface area contributed by atoms with E-state index in [0.29, 0.717) is 12.5 Å². The van der Waals surface area contributed by atoms with E-state index in [4.69, 9.17) is 5.11 Å². The van der Waals surface area contributed by atoms with E-state index in [2.05, 4.69) is 12.2 Å². The normalized spacial score (nSPS) is 33.2. The first-order valence-electron chi connectivity index (χ1n) is 5.70. The Labute approximate surface area is 86.5 Å². The Morgan fingerprint density at radius 3 is 2.93 bits per heavy atom. The first kappa shape index (κ1) is 12.0. The quantitative estimate of drug-likeness (QED) is 0.579. The van der Waals surface area contributed by atoms with Crippen molar-refractivity contribution in [3.8, 4) is 0 Å². The maximum absolute atomic E-state index is 10.2. The molecule has 0 aliphatic heterocycles. The predicted octanol–water partition coefficient (Wildman–Crippen LogP) is 0.900. The molecule has 84 valence electrons. The summed E-state index contributed by atoms with van der Waals surface area (Å²) in [7, 11) is 0. The number of hydrogen-bond donors (Lipinski definition) is 3. The minimum absolute atomic E-state index is 0.224. The zero-order valence-corrected chi connectivity index (χ0v) is 9.13. The van der Waals surface area contributed by atoms with Gasteiger partial charge in [-0.15, -0.1) is 0 Å². The van der Waals surface area contributed by atoms with Gasteiger partial charge in [-0.2, -0.15) is 0 Å². The third-order valence-corrected chi connectivity index (χ3v) is 3.03. The van der Waals surface area contributed by atoms with Gasteiger partial charge >= 0.3 is 0 Å². The van der Waals surface area contributed by atoms with Crippen LogP contribution in [-0.2, 0) is 0 Å². The molecule has 0 bridgehead atoms. The smallest absolute Gasteiger partial charge is 0.0774 e. The largest absolute Gasteiger partial charge is 0.396 e. The summed E-state index contributed by atoms with van der Waals surface area (Å²) in [4.78, 5) is 0. The number of aliphatic hydroxyl groups is 2. The number of nitrogens with one attached hydrogen (secondary N) is 1. The zero-order valence-electron chi connectivity index (χ0n) is 9.13. The van der Waals surface area contributed by atoms with E-state index < -0.39 is 5.60 Å². The molecular formula is C11H23NO2. The molecule has 0 heterocycles. The van der Waals surface area contributed by atoms with Crippen LogP contribution in [0.3, 0.4) is 0 Å².